The first-order valence-corrected chi connectivity index (χ1v) is 6.50. The zero-order chi connectivity index (χ0) is 14.1. The highest BCUT2D eigenvalue weighted by molar-refractivity contribution is 5.27. The lowest BCUT2D eigenvalue weighted by atomic mass is 10.2. The number of benzene rings is 1. The summed E-state index contributed by atoms with van der Waals surface area (Å²) in [6.07, 6.45) is -0.861. The zero-order valence-corrected chi connectivity index (χ0v) is 11.1. The Morgan fingerprint density at radius 2 is 1.79 bits per heavy atom. The summed E-state index contributed by atoms with van der Waals surface area (Å²) in [7, 11) is 0. The minimum Gasteiger partial charge on any atom is -0.494 e. The Bertz CT molecular complexity index is 349. The van der Waals surface area contributed by atoms with E-state index in [2.05, 4.69) is 12.2 Å². The standard InChI is InChI=1S/C14H20F3NO/c1-2-3-4-9-19-13-7-5-12(6-8-13)10-18-11-14(15,16)17/h5-8,18H,2-4,9-11H2,1H3. The molecule has 19 heavy (non-hydrogen) atoms. The van der Waals surface area contributed by atoms with E-state index in [0.29, 0.717) is 6.61 Å². The molecule has 1 rings (SSSR count). The van der Waals surface area contributed by atoms with Crippen molar-refractivity contribution in [2.24, 2.45) is 0 Å². The molecule has 0 saturated heterocycles. The van der Waals surface area contributed by atoms with Gasteiger partial charge < -0.3 is 10.1 Å². The van der Waals surface area contributed by atoms with Crippen LogP contribution in [0.3, 0.4) is 0 Å². The first-order chi connectivity index (χ1) is 9.01. The lowest BCUT2D eigenvalue weighted by molar-refractivity contribution is -0.125. The van der Waals surface area contributed by atoms with Gasteiger partial charge in [-0.25, -0.2) is 0 Å². The molecule has 0 saturated carbocycles. The molecule has 0 heterocycles. The van der Waals surface area contributed by atoms with Crippen LogP contribution >= 0.6 is 0 Å². The first kappa shape index (κ1) is 15.8. The number of hydrogen-bond donors (Lipinski definition) is 1. The lowest BCUT2D eigenvalue weighted by Gasteiger charge is -2.09. The molecule has 0 radical (unpaired) electrons. The average molecular weight is 275 g/mol. The molecule has 0 aliphatic carbocycles. The number of rotatable bonds is 8. The summed E-state index contributed by atoms with van der Waals surface area (Å²) in [6, 6.07) is 7.13. The third-order valence-corrected chi connectivity index (χ3v) is 2.59. The summed E-state index contributed by atoms with van der Waals surface area (Å²) < 4.78 is 41.3. The van der Waals surface area contributed by atoms with Crippen molar-refractivity contribution in [3.05, 3.63) is 29.8 Å². The summed E-state index contributed by atoms with van der Waals surface area (Å²) in [4.78, 5) is 0. The highest BCUT2D eigenvalue weighted by Gasteiger charge is 2.25. The van der Waals surface area contributed by atoms with Gasteiger partial charge in [-0.15, -0.1) is 0 Å². The Kier molecular flexibility index (Phi) is 6.70. The zero-order valence-electron chi connectivity index (χ0n) is 11.1. The van der Waals surface area contributed by atoms with Gasteiger partial charge in [-0.05, 0) is 24.1 Å². The Balaban J connectivity index is 2.27. The highest BCUT2D eigenvalue weighted by atomic mass is 19.4. The van der Waals surface area contributed by atoms with Crippen LogP contribution in [0, 0.1) is 0 Å². The summed E-state index contributed by atoms with van der Waals surface area (Å²) in [6.45, 7) is 2.04. The van der Waals surface area contributed by atoms with Crippen molar-refractivity contribution in [3.8, 4) is 5.75 Å². The number of halogens is 3. The van der Waals surface area contributed by atoms with Crippen LogP contribution in [-0.2, 0) is 6.54 Å². The first-order valence-electron chi connectivity index (χ1n) is 6.50. The topological polar surface area (TPSA) is 21.3 Å². The van der Waals surface area contributed by atoms with Gasteiger partial charge in [0, 0.05) is 6.54 Å². The molecule has 108 valence electrons. The maximum Gasteiger partial charge on any atom is 0.401 e. The molecule has 5 heteroatoms. The van der Waals surface area contributed by atoms with Gasteiger partial charge in [-0.2, -0.15) is 13.2 Å². The minimum absolute atomic E-state index is 0.204. The van der Waals surface area contributed by atoms with Crippen LogP contribution in [0.25, 0.3) is 0 Å². The third kappa shape index (κ3) is 7.72. The van der Waals surface area contributed by atoms with E-state index in [-0.39, 0.29) is 6.54 Å². The molecule has 0 aliphatic rings. The summed E-state index contributed by atoms with van der Waals surface area (Å²) >= 11 is 0. The smallest absolute Gasteiger partial charge is 0.401 e. The molecule has 0 aliphatic heterocycles. The molecule has 1 N–H and O–H groups in total. The maximum absolute atomic E-state index is 11.9. The summed E-state index contributed by atoms with van der Waals surface area (Å²) in [5.74, 6) is 0.760. The quantitative estimate of drug-likeness (QED) is 0.726. The van der Waals surface area contributed by atoms with E-state index < -0.39 is 12.7 Å². The molecule has 2 nitrogen and oxygen atoms in total. The van der Waals surface area contributed by atoms with Crippen molar-refractivity contribution >= 4 is 0 Å². The van der Waals surface area contributed by atoms with Crippen LogP contribution in [-0.4, -0.2) is 19.3 Å². The van der Waals surface area contributed by atoms with Gasteiger partial charge in [0.2, 0.25) is 0 Å². The van der Waals surface area contributed by atoms with Crippen LogP contribution in [0.5, 0.6) is 5.75 Å². The van der Waals surface area contributed by atoms with E-state index in [1.54, 1.807) is 24.3 Å². The number of ether oxygens (including phenoxy) is 1. The van der Waals surface area contributed by atoms with Gasteiger partial charge in [-0.1, -0.05) is 31.9 Å². The molecule has 0 amide bonds. The van der Waals surface area contributed by atoms with Crippen LogP contribution in [0.2, 0.25) is 0 Å². The third-order valence-electron chi connectivity index (χ3n) is 2.59. The van der Waals surface area contributed by atoms with E-state index in [4.69, 9.17) is 4.74 Å². The predicted molar refractivity (Wildman–Crippen MR) is 69.2 cm³/mol. The molecular formula is C14H20F3NO. The van der Waals surface area contributed by atoms with Gasteiger partial charge in [0.05, 0.1) is 13.2 Å². The van der Waals surface area contributed by atoms with Crippen LogP contribution in [0.15, 0.2) is 24.3 Å². The second-order valence-corrected chi connectivity index (χ2v) is 4.42. The van der Waals surface area contributed by atoms with Crippen molar-refractivity contribution in [1.82, 2.24) is 5.32 Å². The minimum atomic E-state index is -4.16. The molecule has 0 spiro atoms. The predicted octanol–water partition coefficient (Wildman–Crippen LogP) is 3.91. The second kappa shape index (κ2) is 8.04. The molecule has 0 aromatic heterocycles. The molecule has 0 atom stereocenters. The van der Waals surface area contributed by atoms with Crippen molar-refractivity contribution < 1.29 is 17.9 Å². The number of alkyl halides is 3. The van der Waals surface area contributed by atoms with Crippen LogP contribution < -0.4 is 10.1 Å². The lowest BCUT2D eigenvalue weighted by Crippen LogP contribution is -2.28. The van der Waals surface area contributed by atoms with E-state index >= 15 is 0 Å². The van der Waals surface area contributed by atoms with Crippen molar-refractivity contribution in [2.45, 2.75) is 38.9 Å². The molecule has 0 fully saturated rings. The van der Waals surface area contributed by atoms with Crippen LogP contribution in [0.4, 0.5) is 13.2 Å². The monoisotopic (exact) mass is 275 g/mol. The molecular weight excluding hydrogens is 255 g/mol. The van der Waals surface area contributed by atoms with Crippen molar-refractivity contribution in [2.75, 3.05) is 13.2 Å². The van der Waals surface area contributed by atoms with E-state index in [1.165, 1.54) is 0 Å². The maximum atomic E-state index is 11.9. The SMILES string of the molecule is CCCCCOc1ccc(CNCC(F)(F)F)cc1. The molecule has 1 aromatic rings. The summed E-state index contributed by atoms with van der Waals surface area (Å²) in [5, 5.41) is 2.36. The van der Waals surface area contributed by atoms with Gasteiger partial charge in [0.1, 0.15) is 5.75 Å². The van der Waals surface area contributed by atoms with Gasteiger partial charge >= 0.3 is 6.18 Å². The van der Waals surface area contributed by atoms with Crippen molar-refractivity contribution in [3.63, 3.8) is 0 Å². The summed E-state index contributed by atoms with van der Waals surface area (Å²) in [5.41, 5.74) is 0.810. The highest BCUT2D eigenvalue weighted by Crippen LogP contribution is 2.15. The fourth-order valence-electron chi connectivity index (χ4n) is 1.59. The fraction of sp³-hybridized carbons (Fsp3) is 0.571. The van der Waals surface area contributed by atoms with Crippen molar-refractivity contribution in [1.29, 1.82) is 0 Å². The van der Waals surface area contributed by atoms with E-state index in [9.17, 15) is 13.2 Å². The second-order valence-electron chi connectivity index (χ2n) is 4.42. The average Bonchev–Trinajstić information content (AvgIpc) is 2.35. The Hall–Kier alpha value is -1.23. The number of unbranched alkanes of at least 4 members (excludes halogenated alkanes) is 2. The number of hydrogen-bond acceptors (Lipinski definition) is 2. The Labute approximate surface area is 112 Å². The van der Waals surface area contributed by atoms with Gasteiger partial charge in [0.25, 0.3) is 0 Å². The number of nitrogens with one attached hydrogen (secondary N) is 1. The van der Waals surface area contributed by atoms with E-state index in [0.717, 1.165) is 30.6 Å². The van der Waals surface area contributed by atoms with Gasteiger partial charge in [0.15, 0.2) is 0 Å². The molecule has 1 aromatic carbocycles. The largest absolute Gasteiger partial charge is 0.494 e. The molecule has 0 unspecified atom stereocenters. The van der Waals surface area contributed by atoms with Crippen LogP contribution in [0.1, 0.15) is 31.7 Å². The Morgan fingerprint density at radius 1 is 1.11 bits per heavy atom. The normalized spacial score (nSPS) is 11.6. The Morgan fingerprint density at radius 3 is 2.37 bits per heavy atom. The molecule has 0 bridgehead atoms. The van der Waals surface area contributed by atoms with E-state index in [1.807, 2.05) is 0 Å². The van der Waals surface area contributed by atoms with Gasteiger partial charge in [-0.3, -0.25) is 0 Å². The fourth-order valence-corrected chi connectivity index (χ4v) is 1.59.